The second-order valence-corrected chi connectivity index (χ2v) is 7.61. The van der Waals surface area contributed by atoms with Crippen molar-refractivity contribution < 1.29 is 18.8 Å². The number of furan rings is 1. The van der Waals surface area contributed by atoms with E-state index in [9.17, 15) is 14.4 Å². The van der Waals surface area contributed by atoms with Crippen molar-refractivity contribution in [2.24, 2.45) is 5.92 Å². The topological polar surface area (TPSA) is 82.9 Å². The van der Waals surface area contributed by atoms with Crippen molar-refractivity contribution in [1.29, 1.82) is 0 Å². The van der Waals surface area contributed by atoms with Gasteiger partial charge < -0.3 is 19.5 Å². The smallest absolute Gasteiger partial charge is 0.289 e. The van der Waals surface area contributed by atoms with Gasteiger partial charge in [-0.3, -0.25) is 14.4 Å². The van der Waals surface area contributed by atoms with Gasteiger partial charge in [0.1, 0.15) is 0 Å². The summed E-state index contributed by atoms with van der Waals surface area (Å²) >= 11 is 0. The van der Waals surface area contributed by atoms with Crippen LogP contribution in [0.15, 0.2) is 47.1 Å². The van der Waals surface area contributed by atoms with Gasteiger partial charge >= 0.3 is 0 Å². The zero-order chi connectivity index (χ0) is 20.2. The van der Waals surface area contributed by atoms with E-state index in [2.05, 4.69) is 5.32 Å². The van der Waals surface area contributed by atoms with Crippen molar-refractivity contribution in [1.82, 2.24) is 9.80 Å². The molecule has 2 aromatic rings. The molecule has 1 aromatic heterocycles. The lowest BCUT2D eigenvalue weighted by molar-refractivity contribution is -0.121. The third kappa shape index (κ3) is 4.34. The van der Waals surface area contributed by atoms with Crippen LogP contribution in [0.3, 0.4) is 0 Å². The zero-order valence-corrected chi connectivity index (χ0v) is 16.3. The fourth-order valence-electron chi connectivity index (χ4n) is 3.94. The van der Waals surface area contributed by atoms with Crippen molar-refractivity contribution in [3.63, 3.8) is 0 Å². The number of carbonyl (C=O) groups excluding carboxylic acids is 3. The molecule has 4 rings (SSSR count). The molecule has 3 amide bonds. The number of amides is 3. The van der Waals surface area contributed by atoms with Crippen LogP contribution >= 0.6 is 0 Å². The van der Waals surface area contributed by atoms with Crippen molar-refractivity contribution in [3.8, 4) is 0 Å². The first-order chi connectivity index (χ1) is 14.1. The number of anilines is 1. The number of piperidine rings is 1. The summed E-state index contributed by atoms with van der Waals surface area (Å²) in [6, 6.07) is 10.4. The van der Waals surface area contributed by atoms with Crippen LogP contribution in [0.25, 0.3) is 0 Å². The summed E-state index contributed by atoms with van der Waals surface area (Å²) in [4.78, 5) is 40.9. The van der Waals surface area contributed by atoms with Crippen LogP contribution in [0.2, 0.25) is 0 Å². The van der Waals surface area contributed by atoms with Crippen molar-refractivity contribution in [2.75, 3.05) is 31.5 Å². The Balaban J connectivity index is 1.28. The monoisotopic (exact) mass is 395 g/mol. The molecule has 3 heterocycles. The fraction of sp³-hybridized carbons (Fsp3) is 0.409. The molecule has 152 valence electrons. The molecule has 1 aromatic carbocycles. The molecule has 0 unspecified atom stereocenters. The Morgan fingerprint density at radius 3 is 2.14 bits per heavy atom. The highest BCUT2D eigenvalue weighted by Gasteiger charge is 2.29. The Morgan fingerprint density at radius 1 is 0.862 bits per heavy atom. The normalized spacial score (nSPS) is 17.4. The average Bonchev–Trinajstić information content (AvgIpc) is 3.47. The largest absolute Gasteiger partial charge is 0.459 e. The van der Waals surface area contributed by atoms with Gasteiger partial charge in [-0.25, -0.2) is 0 Å². The summed E-state index contributed by atoms with van der Waals surface area (Å²) in [5.74, 6) is 0.0628. The maximum Gasteiger partial charge on any atom is 0.289 e. The van der Waals surface area contributed by atoms with Crippen LogP contribution < -0.4 is 5.32 Å². The summed E-state index contributed by atoms with van der Waals surface area (Å²) in [5.41, 5.74) is 1.33. The first-order valence-corrected chi connectivity index (χ1v) is 10.1. The highest BCUT2D eigenvalue weighted by molar-refractivity contribution is 5.96. The first kappa shape index (κ1) is 19.2. The highest BCUT2D eigenvalue weighted by Crippen LogP contribution is 2.22. The van der Waals surface area contributed by atoms with Gasteiger partial charge in [0.15, 0.2) is 5.76 Å². The lowest BCUT2D eigenvalue weighted by Gasteiger charge is -2.30. The Morgan fingerprint density at radius 2 is 1.52 bits per heavy atom. The van der Waals surface area contributed by atoms with Gasteiger partial charge in [0.2, 0.25) is 5.91 Å². The molecule has 7 heteroatoms. The Kier molecular flexibility index (Phi) is 5.64. The van der Waals surface area contributed by atoms with Crippen LogP contribution in [0, 0.1) is 5.92 Å². The molecule has 2 aliphatic rings. The molecule has 0 radical (unpaired) electrons. The Hall–Kier alpha value is -3.09. The first-order valence-electron chi connectivity index (χ1n) is 10.1. The molecule has 0 bridgehead atoms. The van der Waals surface area contributed by atoms with E-state index >= 15 is 0 Å². The number of rotatable bonds is 4. The summed E-state index contributed by atoms with van der Waals surface area (Å²) < 4.78 is 5.16. The highest BCUT2D eigenvalue weighted by atomic mass is 16.3. The van der Waals surface area contributed by atoms with Gasteiger partial charge in [-0.15, -0.1) is 0 Å². The van der Waals surface area contributed by atoms with E-state index in [0.29, 0.717) is 42.9 Å². The van der Waals surface area contributed by atoms with E-state index in [1.165, 1.54) is 6.26 Å². The third-order valence-electron chi connectivity index (χ3n) is 5.68. The minimum absolute atomic E-state index is 0.0475. The summed E-state index contributed by atoms with van der Waals surface area (Å²) in [5, 5.41) is 2.93. The maximum absolute atomic E-state index is 12.6. The summed E-state index contributed by atoms with van der Waals surface area (Å²) in [7, 11) is 0. The number of nitrogens with zero attached hydrogens (tertiary/aromatic N) is 2. The lowest BCUT2D eigenvalue weighted by Crippen LogP contribution is -2.41. The second-order valence-electron chi connectivity index (χ2n) is 7.61. The molecule has 2 saturated heterocycles. The van der Waals surface area contributed by atoms with E-state index in [0.717, 1.165) is 25.9 Å². The number of hydrogen-bond acceptors (Lipinski definition) is 4. The molecule has 2 aliphatic heterocycles. The van der Waals surface area contributed by atoms with Crippen molar-refractivity contribution in [3.05, 3.63) is 54.0 Å². The maximum atomic E-state index is 12.6. The molecule has 0 saturated carbocycles. The van der Waals surface area contributed by atoms with E-state index in [1.807, 2.05) is 4.90 Å². The molecular formula is C22H25N3O4. The van der Waals surface area contributed by atoms with E-state index in [-0.39, 0.29) is 23.6 Å². The Bertz CT molecular complexity index is 862. The van der Waals surface area contributed by atoms with Crippen molar-refractivity contribution in [2.45, 2.75) is 25.7 Å². The molecule has 0 spiro atoms. The van der Waals surface area contributed by atoms with Gasteiger partial charge in [0.05, 0.1) is 6.26 Å². The van der Waals surface area contributed by atoms with Gasteiger partial charge in [-0.2, -0.15) is 0 Å². The molecule has 2 fully saturated rings. The molecule has 0 aliphatic carbocycles. The van der Waals surface area contributed by atoms with E-state index in [4.69, 9.17) is 4.42 Å². The SMILES string of the molecule is O=C(Nc1ccc(C(=O)N2CCCC2)cc1)C1CCN(C(=O)c2ccco2)CC1. The lowest BCUT2D eigenvalue weighted by atomic mass is 9.95. The predicted molar refractivity (Wildman–Crippen MR) is 108 cm³/mol. The van der Waals surface area contributed by atoms with Gasteiger partial charge in [-0.05, 0) is 62.1 Å². The quantitative estimate of drug-likeness (QED) is 0.863. The van der Waals surface area contributed by atoms with Crippen LogP contribution in [0.1, 0.15) is 46.6 Å². The standard InChI is InChI=1S/C22H25N3O4/c26-20(16-9-13-25(14-10-16)22(28)19-4-3-15-29-19)23-18-7-5-17(6-8-18)21(27)24-11-1-2-12-24/h3-8,15-16H,1-2,9-14H2,(H,23,26). The minimum atomic E-state index is -0.137. The molecular weight excluding hydrogens is 370 g/mol. The van der Waals surface area contributed by atoms with Gasteiger partial charge in [-0.1, -0.05) is 0 Å². The van der Waals surface area contributed by atoms with Gasteiger partial charge in [0.25, 0.3) is 11.8 Å². The molecule has 0 atom stereocenters. The minimum Gasteiger partial charge on any atom is -0.459 e. The van der Waals surface area contributed by atoms with E-state index in [1.54, 1.807) is 41.3 Å². The van der Waals surface area contributed by atoms with Gasteiger partial charge in [0, 0.05) is 43.3 Å². The fourth-order valence-corrected chi connectivity index (χ4v) is 3.94. The van der Waals surface area contributed by atoms with Crippen LogP contribution in [-0.4, -0.2) is 53.7 Å². The number of carbonyl (C=O) groups is 3. The zero-order valence-electron chi connectivity index (χ0n) is 16.3. The summed E-state index contributed by atoms with van der Waals surface area (Å²) in [6.45, 7) is 2.69. The number of hydrogen-bond donors (Lipinski definition) is 1. The van der Waals surface area contributed by atoms with Crippen LogP contribution in [0.4, 0.5) is 5.69 Å². The second kappa shape index (κ2) is 8.51. The van der Waals surface area contributed by atoms with Crippen LogP contribution in [-0.2, 0) is 4.79 Å². The summed E-state index contributed by atoms with van der Waals surface area (Å²) in [6.07, 6.45) is 4.84. The predicted octanol–water partition coefficient (Wildman–Crippen LogP) is 3.01. The third-order valence-corrected chi connectivity index (χ3v) is 5.68. The Labute approximate surface area is 169 Å². The number of benzene rings is 1. The van der Waals surface area contributed by atoms with Crippen LogP contribution in [0.5, 0.6) is 0 Å². The average molecular weight is 395 g/mol. The molecule has 7 nitrogen and oxygen atoms in total. The molecule has 1 N–H and O–H groups in total. The number of nitrogens with one attached hydrogen (secondary N) is 1. The molecule has 29 heavy (non-hydrogen) atoms. The number of likely N-dealkylation sites (tertiary alicyclic amines) is 2. The van der Waals surface area contributed by atoms with E-state index < -0.39 is 0 Å². The van der Waals surface area contributed by atoms with Crippen molar-refractivity contribution >= 4 is 23.4 Å².